The number of amides is 1. The van der Waals surface area contributed by atoms with Gasteiger partial charge in [-0.1, -0.05) is 18.2 Å². The summed E-state index contributed by atoms with van der Waals surface area (Å²) >= 11 is 0. The molecule has 1 aliphatic heterocycles. The number of nitrogens with zero attached hydrogens (tertiary/aromatic N) is 5. The molecule has 0 radical (unpaired) electrons. The van der Waals surface area contributed by atoms with E-state index in [-0.39, 0.29) is 23.8 Å². The fourth-order valence-electron chi connectivity index (χ4n) is 4.77. The van der Waals surface area contributed by atoms with E-state index in [4.69, 9.17) is 4.98 Å². The van der Waals surface area contributed by atoms with E-state index < -0.39 is 5.97 Å². The molecule has 0 spiro atoms. The topological polar surface area (TPSA) is 101 Å². The first kappa shape index (κ1) is 20.4. The maximum Gasteiger partial charge on any atom is 0.306 e. The highest BCUT2D eigenvalue weighted by Gasteiger charge is 2.34. The Morgan fingerprint density at radius 3 is 2.78 bits per heavy atom. The standard InChI is InChI=1S/C24H25N5O3/c1-14(2)29-13-25-27-22(29)20-4-3-5-21(26-20)28-12-18-9-7-16(11-19(18)23(28)30)15-6-8-17(10-15)24(31)32/h3-5,7,9,11,13-15,17H,6,8,10,12H2,1-2H3,(H,31,32). The molecule has 164 valence electrons. The number of carbonyl (C=O) groups is 2. The molecule has 0 saturated heterocycles. The molecule has 8 heteroatoms. The van der Waals surface area contributed by atoms with Crippen molar-refractivity contribution in [1.29, 1.82) is 0 Å². The van der Waals surface area contributed by atoms with Gasteiger partial charge in [-0.15, -0.1) is 10.2 Å². The van der Waals surface area contributed by atoms with Crippen molar-refractivity contribution >= 4 is 17.7 Å². The summed E-state index contributed by atoms with van der Waals surface area (Å²) in [7, 11) is 0. The Hall–Kier alpha value is -3.55. The van der Waals surface area contributed by atoms with Crippen LogP contribution in [0.4, 0.5) is 5.82 Å². The molecular formula is C24H25N5O3. The third-order valence-corrected chi connectivity index (χ3v) is 6.56. The van der Waals surface area contributed by atoms with Crippen molar-refractivity contribution in [3.05, 3.63) is 59.4 Å². The second-order valence-electron chi connectivity index (χ2n) is 8.89. The summed E-state index contributed by atoms with van der Waals surface area (Å²) in [5, 5.41) is 17.5. The van der Waals surface area contributed by atoms with E-state index >= 15 is 0 Å². The molecule has 5 rings (SSSR count). The molecule has 2 unspecified atom stereocenters. The molecular weight excluding hydrogens is 406 g/mol. The third-order valence-electron chi connectivity index (χ3n) is 6.56. The van der Waals surface area contributed by atoms with E-state index in [2.05, 4.69) is 24.0 Å². The number of anilines is 1. The summed E-state index contributed by atoms with van der Waals surface area (Å²) in [5.41, 5.74) is 3.36. The number of aromatic nitrogens is 4. The van der Waals surface area contributed by atoms with Crippen LogP contribution in [0.15, 0.2) is 42.7 Å². The Morgan fingerprint density at radius 1 is 1.19 bits per heavy atom. The first-order valence-electron chi connectivity index (χ1n) is 11.0. The molecule has 2 aromatic heterocycles. The van der Waals surface area contributed by atoms with Crippen molar-refractivity contribution in [3.8, 4) is 11.5 Å². The van der Waals surface area contributed by atoms with Gasteiger partial charge in [0.05, 0.1) is 12.5 Å². The van der Waals surface area contributed by atoms with E-state index in [1.165, 1.54) is 0 Å². The van der Waals surface area contributed by atoms with Gasteiger partial charge in [0, 0.05) is 11.6 Å². The lowest BCUT2D eigenvalue weighted by molar-refractivity contribution is -0.141. The van der Waals surface area contributed by atoms with Gasteiger partial charge in [-0.3, -0.25) is 14.5 Å². The fraction of sp³-hybridized carbons (Fsp3) is 0.375. The monoisotopic (exact) mass is 431 g/mol. The Labute approximate surface area is 185 Å². The molecule has 1 N–H and O–H groups in total. The van der Waals surface area contributed by atoms with Crippen LogP contribution < -0.4 is 4.90 Å². The number of hydrogen-bond donors (Lipinski definition) is 1. The molecule has 32 heavy (non-hydrogen) atoms. The highest BCUT2D eigenvalue weighted by atomic mass is 16.4. The first-order valence-corrected chi connectivity index (χ1v) is 11.0. The van der Waals surface area contributed by atoms with Crippen LogP contribution in [0, 0.1) is 5.92 Å². The van der Waals surface area contributed by atoms with E-state index in [1.807, 2.05) is 41.0 Å². The number of carboxylic acid groups (broad SMARTS) is 1. The van der Waals surface area contributed by atoms with Crippen LogP contribution in [0.1, 0.15) is 66.6 Å². The minimum absolute atomic E-state index is 0.0791. The first-order chi connectivity index (χ1) is 15.4. The summed E-state index contributed by atoms with van der Waals surface area (Å²) in [6.07, 6.45) is 3.85. The van der Waals surface area contributed by atoms with Crippen LogP contribution in [-0.4, -0.2) is 36.7 Å². The Kier molecular flexibility index (Phi) is 5.00. The molecule has 1 aliphatic carbocycles. The molecule has 2 atom stereocenters. The van der Waals surface area contributed by atoms with Crippen molar-refractivity contribution in [2.24, 2.45) is 5.92 Å². The van der Waals surface area contributed by atoms with Gasteiger partial charge < -0.3 is 9.67 Å². The van der Waals surface area contributed by atoms with Crippen molar-refractivity contribution < 1.29 is 14.7 Å². The highest BCUT2D eigenvalue weighted by molar-refractivity contribution is 6.09. The largest absolute Gasteiger partial charge is 0.481 e. The van der Waals surface area contributed by atoms with Gasteiger partial charge in [-0.25, -0.2) is 4.98 Å². The van der Waals surface area contributed by atoms with Crippen molar-refractivity contribution in [2.45, 2.75) is 51.6 Å². The van der Waals surface area contributed by atoms with E-state index in [0.717, 1.165) is 17.5 Å². The highest BCUT2D eigenvalue weighted by Crippen LogP contribution is 2.40. The van der Waals surface area contributed by atoms with Gasteiger partial charge >= 0.3 is 5.97 Å². The van der Waals surface area contributed by atoms with Crippen LogP contribution >= 0.6 is 0 Å². The lowest BCUT2D eigenvalue weighted by atomic mass is 9.93. The zero-order valence-electron chi connectivity index (χ0n) is 18.1. The SMILES string of the molecule is CC(C)n1cnnc1-c1cccc(N2Cc3ccc(C4CCC(C(=O)O)C4)cc3C2=O)n1. The Balaban J connectivity index is 1.41. The number of carboxylic acids is 1. The molecule has 1 saturated carbocycles. The van der Waals surface area contributed by atoms with Gasteiger partial charge in [0.15, 0.2) is 5.82 Å². The van der Waals surface area contributed by atoms with Gasteiger partial charge in [0.1, 0.15) is 17.8 Å². The smallest absolute Gasteiger partial charge is 0.306 e. The fourth-order valence-corrected chi connectivity index (χ4v) is 4.77. The lowest BCUT2D eigenvalue weighted by Gasteiger charge is -2.16. The Morgan fingerprint density at radius 2 is 2.03 bits per heavy atom. The average Bonchev–Trinajstić information content (AvgIpc) is 3.52. The number of aliphatic carboxylic acids is 1. The summed E-state index contributed by atoms with van der Waals surface area (Å²) in [6, 6.07) is 11.8. The minimum atomic E-state index is -0.727. The predicted octanol–water partition coefficient (Wildman–Crippen LogP) is 4.05. The number of benzene rings is 1. The zero-order chi connectivity index (χ0) is 22.4. The maximum absolute atomic E-state index is 13.3. The molecule has 8 nitrogen and oxygen atoms in total. The van der Waals surface area contributed by atoms with Gasteiger partial charge in [0.25, 0.3) is 5.91 Å². The van der Waals surface area contributed by atoms with E-state index in [9.17, 15) is 14.7 Å². The number of hydrogen-bond acceptors (Lipinski definition) is 5. The van der Waals surface area contributed by atoms with Crippen molar-refractivity contribution in [3.63, 3.8) is 0 Å². The average molecular weight is 431 g/mol. The molecule has 3 aromatic rings. The third kappa shape index (κ3) is 3.45. The summed E-state index contributed by atoms with van der Waals surface area (Å²) in [4.78, 5) is 31.0. The molecule has 3 heterocycles. The van der Waals surface area contributed by atoms with Crippen LogP contribution in [0.25, 0.3) is 11.5 Å². The number of fused-ring (bicyclic) bond motifs is 1. The Bertz CT molecular complexity index is 1200. The van der Waals surface area contributed by atoms with Crippen molar-refractivity contribution in [2.75, 3.05) is 4.90 Å². The number of carbonyl (C=O) groups excluding carboxylic acids is 1. The maximum atomic E-state index is 13.3. The van der Waals surface area contributed by atoms with Crippen LogP contribution in [0.2, 0.25) is 0 Å². The molecule has 2 aliphatic rings. The van der Waals surface area contributed by atoms with Gasteiger partial charge in [0.2, 0.25) is 0 Å². The van der Waals surface area contributed by atoms with Crippen molar-refractivity contribution in [1.82, 2.24) is 19.7 Å². The zero-order valence-corrected chi connectivity index (χ0v) is 18.1. The lowest BCUT2D eigenvalue weighted by Crippen LogP contribution is -2.24. The second-order valence-corrected chi connectivity index (χ2v) is 8.89. The van der Waals surface area contributed by atoms with E-state index in [1.54, 1.807) is 11.2 Å². The normalized spacial score (nSPS) is 20.2. The van der Waals surface area contributed by atoms with Gasteiger partial charge in [-0.2, -0.15) is 0 Å². The molecule has 1 fully saturated rings. The summed E-state index contributed by atoms with van der Waals surface area (Å²) < 4.78 is 1.95. The number of rotatable bonds is 5. The molecule has 1 amide bonds. The summed E-state index contributed by atoms with van der Waals surface area (Å²) in [6.45, 7) is 4.57. The van der Waals surface area contributed by atoms with E-state index in [0.29, 0.717) is 42.3 Å². The van der Waals surface area contributed by atoms with Gasteiger partial charge in [-0.05, 0) is 68.4 Å². The van der Waals surface area contributed by atoms with Crippen LogP contribution in [-0.2, 0) is 11.3 Å². The molecule has 0 bridgehead atoms. The predicted molar refractivity (Wildman–Crippen MR) is 118 cm³/mol. The minimum Gasteiger partial charge on any atom is -0.481 e. The number of pyridine rings is 1. The molecule has 1 aromatic carbocycles. The summed E-state index contributed by atoms with van der Waals surface area (Å²) in [5.74, 6) is 0.338. The van der Waals surface area contributed by atoms with Crippen LogP contribution in [0.5, 0.6) is 0 Å². The quantitative estimate of drug-likeness (QED) is 0.654. The van der Waals surface area contributed by atoms with Crippen LogP contribution in [0.3, 0.4) is 0 Å². The second kappa shape index (κ2) is 7.85.